The third kappa shape index (κ3) is 3.01. The van der Waals surface area contributed by atoms with Crippen LogP contribution in [0.4, 0.5) is 0 Å². The van der Waals surface area contributed by atoms with Crippen LogP contribution in [0.25, 0.3) is 0 Å². The van der Waals surface area contributed by atoms with Gasteiger partial charge in [-0.1, -0.05) is 0 Å². The summed E-state index contributed by atoms with van der Waals surface area (Å²) in [5, 5.41) is 0. The molecule has 0 amide bonds. The van der Waals surface area contributed by atoms with Gasteiger partial charge in [0.1, 0.15) is 5.82 Å². The number of aromatic nitrogens is 2. The second-order valence-electron chi connectivity index (χ2n) is 6.52. The van der Waals surface area contributed by atoms with E-state index in [0.29, 0.717) is 5.92 Å². The molecule has 0 bridgehead atoms. The van der Waals surface area contributed by atoms with Gasteiger partial charge in [0.05, 0.1) is 0 Å². The van der Waals surface area contributed by atoms with E-state index < -0.39 is 0 Å². The lowest BCUT2D eigenvalue weighted by Crippen LogP contribution is -2.42. The zero-order valence-corrected chi connectivity index (χ0v) is 13.0. The van der Waals surface area contributed by atoms with Crippen molar-refractivity contribution in [2.45, 2.75) is 45.1 Å². The van der Waals surface area contributed by atoms with Crippen LogP contribution in [0.5, 0.6) is 0 Å². The van der Waals surface area contributed by atoms with Gasteiger partial charge >= 0.3 is 0 Å². The van der Waals surface area contributed by atoms with Crippen LogP contribution < -0.4 is 0 Å². The zero-order valence-electron chi connectivity index (χ0n) is 13.0. The van der Waals surface area contributed by atoms with Crippen LogP contribution in [0.1, 0.15) is 42.4 Å². The number of piperidine rings is 1. The molecular formula is C16H26N4. The van der Waals surface area contributed by atoms with Crippen molar-refractivity contribution in [2.75, 3.05) is 33.2 Å². The predicted octanol–water partition coefficient (Wildman–Crippen LogP) is 1.98. The first-order valence-electron chi connectivity index (χ1n) is 7.86. The summed E-state index contributed by atoms with van der Waals surface area (Å²) >= 11 is 0. The summed E-state index contributed by atoms with van der Waals surface area (Å²) in [6.07, 6.45) is 3.85. The molecule has 0 spiro atoms. The Morgan fingerprint density at radius 3 is 2.30 bits per heavy atom. The van der Waals surface area contributed by atoms with Gasteiger partial charge in [-0.25, -0.2) is 9.97 Å². The molecule has 0 unspecified atom stereocenters. The van der Waals surface area contributed by atoms with Crippen LogP contribution in [-0.2, 0) is 0 Å². The minimum Gasteiger partial charge on any atom is -0.306 e. The lowest BCUT2D eigenvalue weighted by molar-refractivity contribution is 0.142. The summed E-state index contributed by atoms with van der Waals surface area (Å²) in [6.45, 7) is 8.99. The van der Waals surface area contributed by atoms with Gasteiger partial charge in [-0.2, -0.15) is 0 Å². The monoisotopic (exact) mass is 274 g/mol. The normalized spacial score (nSPS) is 26.2. The Bertz CT molecular complexity index is 445. The number of nitrogens with zero attached hydrogens (tertiary/aromatic N) is 4. The maximum absolute atomic E-state index is 4.66. The van der Waals surface area contributed by atoms with Crippen molar-refractivity contribution in [3.63, 3.8) is 0 Å². The highest BCUT2D eigenvalue weighted by Gasteiger charge is 2.32. The molecule has 2 fully saturated rings. The molecule has 0 N–H and O–H groups in total. The second-order valence-corrected chi connectivity index (χ2v) is 6.52. The van der Waals surface area contributed by atoms with Crippen LogP contribution in [0.3, 0.4) is 0 Å². The van der Waals surface area contributed by atoms with Crippen molar-refractivity contribution in [2.24, 2.45) is 0 Å². The Morgan fingerprint density at radius 1 is 1.00 bits per heavy atom. The van der Waals surface area contributed by atoms with Crippen LogP contribution in [0, 0.1) is 13.8 Å². The highest BCUT2D eigenvalue weighted by atomic mass is 15.2. The van der Waals surface area contributed by atoms with Gasteiger partial charge in [-0.15, -0.1) is 0 Å². The van der Waals surface area contributed by atoms with E-state index in [2.05, 4.69) is 46.7 Å². The van der Waals surface area contributed by atoms with E-state index in [9.17, 15) is 0 Å². The fraction of sp³-hybridized carbons (Fsp3) is 0.750. The number of hydrogen-bond acceptors (Lipinski definition) is 4. The van der Waals surface area contributed by atoms with Gasteiger partial charge in [0, 0.05) is 29.9 Å². The fourth-order valence-corrected chi connectivity index (χ4v) is 3.63. The predicted molar refractivity (Wildman–Crippen MR) is 81.0 cm³/mol. The average Bonchev–Trinajstić information content (AvgIpc) is 2.88. The Morgan fingerprint density at radius 2 is 1.65 bits per heavy atom. The average molecular weight is 274 g/mol. The van der Waals surface area contributed by atoms with Crippen molar-refractivity contribution >= 4 is 0 Å². The quantitative estimate of drug-likeness (QED) is 0.825. The summed E-state index contributed by atoms with van der Waals surface area (Å²) in [7, 11) is 2.23. The molecule has 0 aliphatic carbocycles. The molecule has 0 aromatic carbocycles. The van der Waals surface area contributed by atoms with Crippen LogP contribution >= 0.6 is 0 Å². The van der Waals surface area contributed by atoms with E-state index in [0.717, 1.165) is 29.8 Å². The third-order valence-electron chi connectivity index (χ3n) is 4.79. The molecule has 20 heavy (non-hydrogen) atoms. The molecule has 3 rings (SSSR count). The first kappa shape index (κ1) is 14.0. The third-order valence-corrected chi connectivity index (χ3v) is 4.79. The molecule has 1 aromatic rings. The van der Waals surface area contributed by atoms with E-state index >= 15 is 0 Å². The van der Waals surface area contributed by atoms with Crippen LogP contribution in [0.15, 0.2) is 6.07 Å². The SMILES string of the molecule is Cc1cc(C)nc([C@@H]2CCN(C3CCN(C)CC3)C2)n1. The maximum Gasteiger partial charge on any atom is 0.133 e. The van der Waals surface area contributed by atoms with Crippen molar-refractivity contribution in [3.8, 4) is 0 Å². The van der Waals surface area contributed by atoms with Crippen LogP contribution in [-0.4, -0.2) is 59.0 Å². The van der Waals surface area contributed by atoms with E-state index in [-0.39, 0.29) is 0 Å². The molecule has 4 nitrogen and oxygen atoms in total. The molecule has 110 valence electrons. The lowest BCUT2D eigenvalue weighted by atomic mass is 10.0. The fourth-order valence-electron chi connectivity index (χ4n) is 3.63. The highest BCUT2D eigenvalue weighted by Crippen LogP contribution is 2.29. The number of likely N-dealkylation sites (tertiary alicyclic amines) is 2. The molecular weight excluding hydrogens is 248 g/mol. The van der Waals surface area contributed by atoms with E-state index in [1.165, 1.54) is 38.9 Å². The lowest BCUT2D eigenvalue weighted by Gasteiger charge is -2.35. The molecule has 0 saturated carbocycles. The Hall–Kier alpha value is -1.00. The standard InChI is InChI=1S/C16H26N4/c1-12-10-13(2)18-16(17-12)14-4-9-20(11-14)15-5-7-19(3)8-6-15/h10,14-15H,4-9,11H2,1-3H3/t14-/m1/s1. The summed E-state index contributed by atoms with van der Waals surface area (Å²) in [5.41, 5.74) is 2.20. The summed E-state index contributed by atoms with van der Waals surface area (Å²) in [6, 6.07) is 2.84. The molecule has 1 atom stereocenters. The Balaban J connectivity index is 1.64. The van der Waals surface area contributed by atoms with E-state index in [1.807, 2.05) is 0 Å². The maximum atomic E-state index is 4.66. The minimum atomic E-state index is 0.535. The summed E-state index contributed by atoms with van der Waals surface area (Å²) in [4.78, 5) is 14.4. The molecule has 2 saturated heterocycles. The summed E-state index contributed by atoms with van der Waals surface area (Å²) in [5.74, 6) is 1.60. The highest BCUT2D eigenvalue weighted by molar-refractivity contribution is 5.12. The topological polar surface area (TPSA) is 32.3 Å². The zero-order chi connectivity index (χ0) is 14.1. The second kappa shape index (κ2) is 5.78. The molecule has 0 radical (unpaired) electrons. The van der Waals surface area contributed by atoms with Crippen LogP contribution in [0.2, 0.25) is 0 Å². The van der Waals surface area contributed by atoms with Crippen molar-refractivity contribution in [1.29, 1.82) is 0 Å². The van der Waals surface area contributed by atoms with Gasteiger partial charge in [-0.05, 0) is 65.9 Å². The first-order chi connectivity index (χ1) is 9.61. The van der Waals surface area contributed by atoms with Crippen molar-refractivity contribution in [3.05, 3.63) is 23.3 Å². The van der Waals surface area contributed by atoms with Gasteiger partial charge in [-0.3, -0.25) is 4.90 Å². The summed E-state index contributed by atoms with van der Waals surface area (Å²) < 4.78 is 0. The van der Waals surface area contributed by atoms with Crippen molar-refractivity contribution < 1.29 is 0 Å². The molecule has 2 aliphatic rings. The van der Waals surface area contributed by atoms with Gasteiger partial charge in [0.15, 0.2) is 0 Å². The molecule has 1 aromatic heterocycles. The largest absolute Gasteiger partial charge is 0.306 e. The minimum absolute atomic E-state index is 0.535. The molecule has 2 aliphatic heterocycles. The number of hydrogen-bond donors (Lipinski definition) is 0. The van der Waals surface area contributed by atoms with Crippen molar-refractivity contribution in [1.82, 2.24) is 19.8 Å². The van der Waals surface area contributed by atoms with Gasteiger partial charge < -0.3 is 4.90 Å². The number of aryl methyl sites for hydroxylation is 2. The van der Waals surface area contributed by atoms with E-state index in [4.69, 9.17) is 0 Å². The molecule has 4 heteroatoms. The van der Waals surface area contributed by atoms with Gasteiger partial charge in [0.25, 0.3) is 0 Å². The number of rotatable bonds is 2. The Kier molecular flexibility index (Phi) is 4.03. The smallest absolute Gasteiger partial charge is 0.133 e. The van der Waals surface area contributed by atoms with Gasteiger partial charge in [0.2, 0.25) is 0 Å². The molecule has 3 heterocycles. The first-order valence-corrected chi connectivity index (χ1v) is 7.86. The van der Waals surface area contributed by atoms with E-state index in [1.54, 1.807) is 0 Å². The Labute approximate surface area is 122 Å².